The van der Waals surface area contributed by atoms with E-state index in [2.05, 4.69) is 10.3 Å². The topological polar surface area (TPSA) is 91.8 Å². The van der Waals surface area contributed by atoms with E-state index in [9.17, 15) is 10.1 Å². The molecular formula is C12H10N4O2S. The van der Waals surface area contributed by atoms with Gasteiger partial charge in [-0.25, -0.2) is 4.98 Å². The Morgan fingerprint density at radius 3 is 3.00 bits per heavy atom. The summed E-state index contributed by atoms with van der Waals surface area (Å²) >= 11 is 1.61. The summed E-state index contributed by atoms with van der Waals surface area (Å²) in [6.07, 6.45) is 1.14. The van der Waals surface area contributed by atoms with Crippen molar-refractivity contribution in [3.63, 3.8) is 0 Å². The van der Waals surface area contributed by atoms with Crippen LogP contribution >= 0.6 is 11.3 Å². The second-order valence-corrected chi connectivity index (χ2v) is 4.84. The third-order valence-electron chi connectivity index (χ3n) is 2.59. The number of nitrogens with zero attached hydrogens (tertiary/aromatic N) is 3. The fourth-order valence-corrected chi connectivity index (χ4v) is 2.37. The lowest BCUT2D eigenvalue weighted by Crippen LogP contribution is -2.04. The van der Waals surface area contributed by atoms with E-state index < -0.39 is 4.92 Å². The number of rotatable bonds is 4. The summed E-state index contributed by atoms with van der Waals surface area (Å²) in [5.41, 5.74) is 1.15. The van der Waals surface area contributed by atoms with Crippen LogP contribution in [0.3, 0.4) is 0 Å². The van der Waals surface area contributed by atoms with Crippen molar-refractivity contribution in [3.8, 4) is 6.07 Å². The monoisotopic (exact) mass is 274 g/mol. The Morgan fingerprint density at radius 1 is 1.63 bits per heavy atom. The highest BCUT2D eigenvalue weighted by Crippen LogP contribution is 2.21. The SMILES string of the molecule is Cc1ccsc1CNc1ncc([N+](=O)[O-])cc1C#N. The minimum absolute atomic E-state index is 0.170. The Labute approximate surface area is 113 Å². The second-order valence-electron chi connectivity index (χ2n) is 3.84. The largest absolute Gasteiger partial charge is 0.364 e. The lowest BCUT2D eigenvalue weighted by molar-refractivity contribution is -0.385. The first-order chi connectivity index (χ1) is 9.11. The van der Waals surface area contributed by atoms with Gasteiger partial charge in [0.2, 0.25) is 0 Å². The fraction of sp³-hybridized carbons (Fsp3) is 0.167. The molecule has 2 aromatic heterocycles. The van der Waals surface area contributed by atoms with Gasteiger partial charge in [0.05, 0.1) is 11.5 Å². The van der Waals surface area contributed by atoms with Crippen LogP contribution in [0.15, 0.2) is 23.7 Å². The molecule has 0 fully saturated rings. The minimum Gasteiger partial charge on any atom is -0.364 e. The molecular weight excluding hydrogens is 264 g/mol. The van der Waals surface area contributed by atoms with Crippen molar-refractivity contribution in [2.24, 2.45) is 0 Å². The van der Waals surface area contributed by atoms with Crippen LogP contribution in [-0.4, -0.2) is 9.91 Å². The van der Waals surface area contributed by atoms with E-state index in [1.165, 1.54) is 6.07 Å². The van der Waals surface area contributed by atoms with Gasteiger partial charge in [-0.15, -0.1) is 11.3 Å². The number of hydrogen-bond acceptors (Lipinski definition) is 6. The van der Waals surface area contributed by atoms with Crippen molar-refractivity contribution in [1.29, 1.82) is 5.26 Å². The van der Waals surface area contributed by atoms with E-state index in [-0.39, 0.29) is 11.3 Å². The molecule has 1 N–H and O–H groups in total. The molecule has 0 atom stereocenters. The summed E-state index contributed by atoms with van der Waals surface area (Å²) in [6.45, 7) is 2.55. The maximum Gasteiger partial charge on any atom is 0.289 e. The molecule has 2 rings (SSSR count). The lowest BCUT2D eigenvalue weighted by Gasteiger charge is -2.06. The molecule has 0 radical (unpaired) electrons. The number of aryl methyl sites for hydroxylation is 1. The van der Waals surface area contributed by atoms with Gasteiger partial charge >= 0.3 is 0 Å². The van der Waals surface area contributed by atoms with Crippen LogP contribution < -0.4 is 5.32 Å². The van der Waals surface area contributed by atoms with Gasteiger partial charge in [-0.3, -0.25) is 10.1 Å². The zero-order valence-electron chi connectivity index (χ0n) is 10.1. The van der Waals surface area contributed by atoms with Crippen molar-refractivity contribution >= 4 is 22.8 Å². The lowest BCUT2D eigenvalue weighted by atomic mass is 10.2. The average molecular weight is 274 g/mol. The van der Waals surface area contributed by atoms with Crippen LogP contribution in [0.1, 0.15) is 16.0 Å². The second kappa shape index (κ2) is 5.46. The number of thiophene rings is 1. The quantitative estimate of drug-likeness (QED) is 0.683. The average Bonchev–Trinajstić information content (AvgIpc) is 2.81. The number of nitriles is 1. The predicted molar refractivity (Wildman–Crippen MR) is 72.0 cm³/mol. The minimum atomic E-state index is -0.568. The number of hydrogen-bond donors (Lipinski definition) is 1. The maximum atomic E-state index is 10.6. The highest BCUT2D eigenvalue weighted by atomic mass is 32.1. The molecule has 96 valence electrons. The standard InChI is InChI=1S/C12H10N4O2S/c1-8-2-3-19-11(8)7-15-12-9(5-13)4-10(6-14-12)16(17)18/h2-4,6H,7H2,1H3,(H,14,15). The fourth-order valence-electron chi connectivity index (χ4n) is 1.53. The molecule has 0 aliphatic carbocycles. The number of nitro groups is 1. The van der Waals surface area contributed by atoms with E-state index in [1.54, 1.807) is 11.3 Å². The first-order valence-corrected chi connectivity index (χ1v) is 6.31. The Kier molecular flexibility index (Phi) is 3.73. The van der Waals surface area contributed by atoms with Crippen LogP contribution in [-0.2, 0) is 6.54 Å². The van der Waals surface area contributed by atoms with Gasteiger partial charge in [-0.1, -0.05) is 0 Å². The van der Waals surface area contributed by atoms with Crippen LogP contribution in [0.5, 0.6) is 0 Å². The summed E-state index contributed by atoms with van der Waals surface area (Å²) in [4.78, 5) is 15.1. The Hall–Kier alpha value is -2.46. The number of anilines is 1. The summed E-state index contributed by atoms with van der Waals surface area (Å²) in [6, 6.07) is 5.14. The van der Waals surface area contributed by atoms with Gasteiger partial charge in [-0.05, 0) is 23.9 Å². The highest BCUT2D eigenvalue weighted by Gasteiger charge is 2.12. The van der Waals surface area contributed by atoms with E-state index in [4.69, 9.17) is 5.26 Å². The number of pyridine rings is 1. The summed E-state index contributed by atoms with van der Waals surface area (Å²) in [7, 11) is 0. The molecule has 0 saturated carbocycles. The third-order valence-corrected chi connectivity index (χ3v) is 3.61. The van der Waals surface area contributed by atoms with Crippen molar-refractivity contribution < 1.29 is 4.92 Å². The molecule has 0 bridgehead atoms. The van der Waals surface area contributed by atoms with Gasteiger partial charge in [0.1, 0.15) is 23.6 Å². The Bertz CT molecular complexity index is 660. The molecule has 7 heteroatoms. The molecule has 0 aliphatic rings. The molecule has 19 heavy (non-hydrogen) atoms. The Morgan fingerprint density at radius 2 is 2.42 bits per heavy atom. The van der Waals surface area contributed by atoms with Crippen LogP contribution in [0.4, 0.5) is 11.5 Å². The normalized spacial score (nSPS) is 9.89. The predicted octanol–water partition coefficient (Wildman–Crippen LogP) is 2.84. The van der Waals surface area contributed by atoms with Gasteiger partial charge in [0, 0.05) is 10.9 Å². The van der Waals surface area contributed by atoms with E-state index in [0.717, 1.165) is 16.6 Å². The summed E-state index contributed by atoms with van der Waals surface area (Å²) in [5, 5.41) is 24.6. The van der Waals surface area contributed by atoms with Crippen LogP contribution in [0.25, 0.3) is 0 Å². The van der Waals surface area contributed by atoms with E-state index in [0.29, 0.717) is 12.4 Å². The third kappa shape index (κ3) is 2.86. The highest BCUT2D eigenvalue weighted by molar-refractivity contribution is 7.10. The zero-order valence-corrected chi connectivity index (χ0v) is 10.9. The first kappa shape index (κ1) is 13.0. The molecule has 0 aromatic carbocycles. The molecule has 0 amide bonds. The van der Waals surface area contributed by atoms with Crippen LogP contribution in [0, 0.1) is 28.4 Å². The van der Waals surface area contributed by atoms with Crippen molar-refractivity contribution in [2.45, 2.75) is 13.5 Å². The first-order valence-electron chi connectivity index (χ1n) is 5.43. The molecule has 0 aliphatic heterocycles. The van der Waals surface area contributed by atoms with Gasteiger partial charge in [0.15, 0.2) is 0 Å². The van der Waals surface area contributed by atoms with Crippen molar-refractivity contribution in [1.82, 2.24) is 4.98 Å². The smallest absolute Gasteiger partial charge is 0.289 e. The van der Waals surface area contributed by atoms with E-state index in [1.807, 2.05) is 24.4 Å². The van der Waals surface area contributed by atoms with Crippen molar-refractivity contribution in [2.75, 3.05) is 5.32 Å². The van der Waals surface area contributed by atoms with Gasteiger partial charge < -0.3 is 5.32 Å². The van der Waals surface area contributed by atoms with Gasteiger partial charge in [0.25, 0.3) is 5.69 Å². The molecule has 0 unspecified atom stereocenters. The zero-order chi connectivity index (χ0) is 13.8. The molecule has 0 spiro atoms. The molecule has 6 nitrogen and oxygen atoms in total. The molecule has 2 aromatic rings. The molecule has 2 heterocycles. The Balaban J connectivity index is 2.19. The number of nitrogens with one attached hydrogen (secondary N) is 1. The van der Waals surface area contributed by atoms with Gasteiger partial charge in [-0.2, -0.15) is 5.26 Å². The summed E-state index contributed by atoms with van der Waals surface area (Å²) < 4.78 is 0. The van der Waals surface area contributed by atoms with Crippen LogP contribution in [0.2, 0.25) is 0 Å². The maximum absolute atomic E-state index is 10.6. The van der Waals surface area contributed by atoms with E-state index >= 15 is 0 Å². The molecule has 0 saturated heterocycles. The van der Waals surface area contributed by atoms with Crippen molar-refractivity contribution in [3.05, 3.63) is 49.8 Å². The summed E-state index contributed by atoms with van der Waals surface area (Å²) in [5.74, 6) is 0.362. The number of aromatic nitrogens is 1.